The lowest BCUT2D eigenvalue weighted by molar-refractivity contribution is -0.288. The number of benzene rings is 4. The largest absolute Gasteiger partial charge is 0.586 e. The van der Waals surface area contributed by atoms with E-state index in [2.05, 4.69) is 54.8 Å². The first-order chi connectivity index (χ1) is 35.7. The van der Waals surface area contributed by atoms with Crippen LogP contribution >= 0.6 is 0 Å². The van der Waals surface area contributed by atoms with Gasteiger partial charge in [0.05, 0.1) is 6.42 Å². The molecule has 2 aromatic heterocycles. The summed E-state index contributed by atoms with van der Waals surface area (Å²) in [7, 11) is 0. The molecule has 2 atom stereocenters. The summed E-state index contributed by atoms with van der Waals surface area (Å²) in [6.07, 6.45) is -7.71. The molecule has 6 heterocycles. The van der Waals surface area contributed by atoms with Gasteiger partial charge in [0.15, 0.2) is 23.1 Å². The van der Waals surface area contributed by atoms with E-state index < -0.39 is 53.2 Å². The maximum atomic E-state index is 15.0. The van der Waals surface area contributed by atoms with E-state index in [1.807, 2.05) is 18.7 Å². The minimum absolute atomic E-state index is 0.000523. The number of nitrogens with one attached hydrogen (secondary N) is 3. The smallest absolute Gasteiger partial charge is 0.481 e. The Labute approximate surface area is 422 Å². The number of fused-ring (bicyclic) bond motifs is 4. The van der Waals surface area contributed by atoms with Gasteiger partial charge in [0.25, 0.3) is 0 Å². The summed E-state index contributed by atoms with van der Waals surface area (Å²) in [5, 5.41) is 18.3. The number of halogens is 8. The minimum Gasteiger partial charge on any atom is -0.481 e. The summed E-state index contributed by atoms with van der Waals surface area (Å²) in [5.74, 6) is -5.85. The van der Waals surface area contributed by atoms with Crippen molar-refractivity contribution in [3.63, 3.8) is 0 Å². The number of hydrogen-bond acceptors (Lipinski definition) is 17. The van der Waals surface area contributed by atoms with Crippen LogP contribution in [0.1, 0.15) is 49.9 Å². The van der Waals surface area contributed by atoms with Gasteiger partial charge in [-0.25, -0.2) is 27.5 Å². The molecule has 10 rings (SSSR count). The number of carbonyl (C=O) groups excluding carboxylic acids is 1. The molecule has 0 bridgehead atoms. The van der Waals surface area contributed by atoms with Crippen molar-refractivity contribution in [2.24, 2.45) is 0 Å². The van der Waals surface area contributed by atoms with Crippen LogP contribution in [0.4, 0.5) is 58.7 Å². The lowest BCUT2D eigenvalue weighted by atomic mass is 10.0. The third-order valence-corrected chi connectivity index (χ3v) is 12.2. The monoisotopic (exact) mass is 1060 g/mol. The van der Waals surface area contributed by atoms with Crippen LogP contribution in [0.15, 0.2) is 60.7 Å². The number of alkyl halides is 4. The van der Waals surface area contributed by atoms with Gasteiger partial charge in [-0.3, -0.25) is 9.59 Å². The third-order valence-electron chi connectivity index (χ3n) is 12.2. The number of hydrogen-bond donors (Lipinski definition) is 6. The molecule has 8 N–H and O–H groups in total. The number of amides is 1. The van der Waals surface area contributed by atoms with Gasteiger partial charge >= 0.3 is 18.6 Å². The Balaban J connectivity index is 0.000000167. The second-order valence-corrected chi connectivity index (χ2v) is 17.2. The van der Waals surface area contributed by atoms with E-state index in [1.165, 1.54) is 24.3 Å². The van der Waals surface area contributed by atoms with Crippen molar-refractivity contribution in [2.45, 2.75) is 51.4 Å². The standard InChI is InChI=1S/C24H24F4N6O3.C13H12F3N5O2.C11H14FNO2/c1-2-30-16(13-3-5-14(25)6-4-13)12-18(35)33-7-9-34(10-8-33)23-31-20-15(22(29)32-23)11-17-21(19(20)26)37-24(27,28)36-17;14-8-9-6(5-7-10(8)23-13(15,16)22-7)11(17)20-12(19-9)21-3-1-18-2-4-21;1-2-13-10(7-11(14)15)8-3-5-9(12)6-4-8/h3-6,11,16,30H,2,7-10,12H2,1H3,(H2,29,31,32);5,18H,1-4H2,(H2,17,19,20);3-6,10,13H,2,7H2,1H3,(H,14,15)/t16-;;10-/m1.1/s1. The molecule has 0 aliphatic carbocycles. The first kappa shape index (κ1) is 53.5. The van der Waals surface area contributed by atoms with Crippen molar-refractivity contribution in [3.05, 3.63) is 95.1 Å². The van der Waals surface area contributed by atoms with E-state index in [4.69, 9.17) is 16.6 Å². The Bertz CT molecular complexity index is 3040. The minimum atomic E-state index is -3.99. The zero-order chi connectivity index (χ0) is 53.8. The van der Waals surface area contributed by atoms with E-state index >= 15 is 0 Å². The van der Waals surface area contributed by atoms with Gasteiger partial charge in [0.2, 0.25) is 29.3 Å². The average Bonchev–Trinajstić information content (AvgIpc) is 3.88. The van der Waals surface area contributed by atoms with Crippen molar-refractivity contribution >= 4 is 57.2 Å². The molecule has 2 saturated heterocycles. The molecule has 27 heteroatoms. The summed E-state index contributed by atoms with van der Waals surface area (Å²) in [6, 6.07) is 13.7. The summed E-state index contributed by atoms with van der Waals surface area (Å²) in [5.41, 5.74) is 13.0. The molecule has 4 aliphatic rings. The molecule has 6 aromatic rings. The van der Waals surface area contributed by atoms with Crippen LogP contribution in [0.3, 0.4) is 0 Å². The molecule has 400 valence electrons. The van der Waals surface area contributed by atoms with Gasteiger partial charge in [-0.05, 0) is 60.6 Å². The van der Waals surface area contributed by atoms with Gasteiger partial charge in [0, 0.05) is 81.6 Å². The molecular weight excluding hydrogens is 1010 g/mol. The van der Waals surface area contributed by atoms with Crippen molar-refractivity contribution in [1.29, 1.82) is 0 Å². The summed E-state index contributed by atoms with van der Waals surface area (Å²) in [6.45, 7) is 9.30. The predicted molar refractivity (Wildman–Crippen MR) is 257 cm³/mol. The highest BCUT2D eigenvalue weighted by Crippen LogP contribution is 2.47. The lowest BCUT2D eigenvalue weighted by Crippen LogP contribution is -2.49. The second-order valence-electron chi connectivity index (χ2n) is 17.2. The fourth-order valence-electron chi connectivity index (χ4n) is 8.55. The first-order valence-corrected chi connectivity index (χ1v) is 23.5. The zero-order valence-electron chi connectivity index (χ0n) is 40.1. The van der Waals surface area contributed by atoms with Crippen molar-refractivity contribution < 1.29 is 68.8 Å². The number of nitrogens with two attached hydrogens (primary N) is 2. The van der Waals surface area contributed by atoms with Crippen molar-refractivity contribution in [3.8, 4) is 23.0 Å². The van der Waals surface area contributed by atoms with Crippen LogP contribution in [0.25, 0.3) is 21.8 Å². The fourth-order valence-corrected chi connectivity index (χ4v) is 8.55. The van der Waals surface area contributed by atoms with E-state index in [9.17, 15) is 44.7 Å². The first-order valence-electron chi connectivity index (χ1n) is 23.5. The summed E-state index contributed by atoms with van der Waals surface area (Å²) < 4.78 is 126. The molecular formula is C48H50F8N12O7. The number of carboxylic acids is 1. The zero-order valence-corrected chi connectivity index (χ0v) is 40.1. The molecule has 75 heavy (non-hydrogen) atoms. The van der Waals surface area contributed by atoms with Gasteiger partial charge in [-0.15, -0.1) is 17.6 Å². The Morgan fingerprint density at radius 3 is 1.47 bits per heavy atom. The highest BCUT2D eigenvalue weighted by Gasteiger charge is 2.47. The van der Waals surface area contributed by atoms with Crippen LogP contribution in [0.2, 0.25) is 0 Å². The second kappa shape index (κ2) is 22.4. The summed E-state index contributed by atoms with van der Waals surface area (Å²) >= 11 is 0. The number of carboxylic acid groups (broad SMARTS) is 1. The van der Waals surface area contributed by atoms with Crippen LogP contribution in [0, 0.1) is 23.3 Å². The van der Waals surface area contributed by atoms with Gasteiger partial charge in [-0.1, -0.05) is 38.1 Å². The topological polar surface area (TPSA) is 241 Å². The summed E-state index contributed by atoms with van der Waals surface area (Å²) in [4.78, 5) is 45.6. The van der Waals surface area contributed by atoms with Crippen LogP contribution < -0.4 is 56.2 Å². The van der Waals surface area contributed by atoms with Crippen LogP contribution in [-0.2, 0) is 9.59 Å². The predicted octanol–water partition coefficient (Wildman–Crippen LogP) is 6.23. The van der Waals surface area contributed by atoms with Crippen LogP contribution in [-0.4, -0.2) is 120 Å². The maximum Gasteiger partial charge on any atom is 0.586 e. The SMILES string of the molecule is CCN[C@H](CC(=O)N1CCN(c2nc(N)c3cc4c(c(F)c3n2)OC(F)(F)O4)CC1)c1ccc(F)cc1.CCN[C@H](CC(=O)O)c1ccc(F)cc1.Nc1nc(N2CCNCC2)nc2c(F)c3c(cc12)OC(F)(F)O3. The molecule has 0 spiro atoms. The van der Waals surface area contributed by atoms with Gasteiger partial charge in [-0.2, -0.15) is 9.97 Å². The molecule has 0 radical (unpaired) electrons. The normalized spacial score (nSPS) is 17.0. The Morgan fingerprint density at radius 1 is 0.640 bits per heavy atom. The van der Waals surface area contributed by atoms with E-state index in [-0.39, 0.29) is 87.8 Å². The molecule has 19 nitrogen and oxygen atoms in total. The van der Waals surface area contributed by atoms with E-state index in [0.717, 1.165) is 36.3 Å². The Kier molecular flexibility index (Phi) is 16.0. The Hall–Kier alpha value is -7.78. The highest BCUT2D eigenvalue weighted by atomic mass is 19.3. The highest BCUT2D eigenvalue weighted by molar-refractivity contribution is 5.93. The van der Waals surface area contributed by atoms with E-state index in [0.29, 0.717) is 52.4 Å². The molecule has 2 fully saturated rings. The number of aliphatic carboxylic acids is 1. The number of rotatable bonds is 12. The number of aromatic nitrogens is 4. The van der Waals surface area contributed by atoms with Gasteiger partial charge in [0.1, 0.15) is 34.3 Å². The molecule has 4 aromatic carbocycles. The number of carbonyl (C=O) groups is 2. The number of nitrogens with zero attached hydrogens (tertiary/aromatic N) is 7. The fraction of sp³-hybridized carbons (Fsp3) is 0.375. The lowest BCUT2D eigenvalue weighted by Gasteiger charge is -2.35. The number of piperazine rings is 2. The van der Waals surface area contributed by atoms with Gasteiger partial charge < -0.3 is 66.2 Å². The molecule has 0 unspecified atom stereocenters. The Morgan fingerprint density at radius 2 is 1.05 bits per heavy atom. The number of anilines is 4. The van der Waals surface area contributed by atoms with Crippen molar-refractivity contribution in [2.75, 3.05) is 86.7 Å². The number of ether oxygens (including phenoxy) is 4. The quantitative estimate of drug-likeness (QED) is 0.0744. The maximum absolute atomic E-state index is 15.0. The van der Waals surface area contributed by atoms with E-state index in [1.54, 1.807) is 34.1 Å². The average molecular weight is 1060 g/mol. The molecule has 4 aliphatic heterocycles. The third kappa shape index (κ3) is 12.4. The number of nitrogen functional groups attached to an aromatic ring is 2. The van der Waals surface area contributed by atoms with Crippen molar-refractivity contribution in [1.82, 2.24) is 40.8 Å². The molecule has 1 amide bonds. The molecule has 0 saturated carbocycles. The van der Waals surface area contributed by atoms with Crippen LogP contribution in [0.5, 0.6) is 23.0 Å².